The van der Waals surface area contributed by atoms with E-state index >= 15 is 0 Å². The molecule has 2 atom stereocenters. The third-order valence-corrected chi connectivity index (χ3v) is 5.49. The second-order valence-corrected chi connectivity index (χ2v) is 7.40. The summed E-state index contributed by atoms with van der Waals surface area (Å²) in [6.45, 7) is 5.80. The molecule has 1 aromatic carbocycles. The molecule has 1 aliphatic heterocycles. The molecule has 2 unspecified atom stereocenters. The summed E-state index contributed by atoms with van der Waals surface area (Å²) >= 11 is 0. The van der Waals surface area contributed by atoms with Gasteiger partial charge in [-0.25, -0.2) is 0 Å². The van der Waals surface area contributed by atoms with Crippen molar-refractivity contribution in [2.24, 2.45) is 4.99 Å². The Balaban J connectivity index is 1.43. The molecule has 0 spiro atoms. The Labute approximate surface area is 157 Å². The van der Waals surface area contributed by atoms with E-state index in [0.29, 0.717) is 18.1 Å². The van der Waals surface area contributed by atoms with E-state index in [1.54, 1.807) is 7.11 Å². The first-order valence-corrected chi connectivity index (χ1v) is 9.87. The first-order valence-electron chi connectivity index (χ1n) is 9.87. The molecule has 5 heteroatoms. The van der Waals surface area contributed by atoms with Gasteiger partial charge in [0.2, 0.25) is 0 Å². The van der Waals surface area contributed by atoms with Crippen LogP contribution in [0.25, 0.3) is 0 Å². The molecule has 1 aliphatic carbocycles. The van der Waals surface area contributed by atoms with E-state index in [1.165, 1.54) is 17.5 Å². The molecule has 1 aromatic rings. The van der Waals surface area contributed by atoms with Gasteiger partial charge in [0.1, 0.15) is 0 Å². The lowest BCUT2D eigenvalue weighted by atomic mass is 10.0. The smallest absolute Gasteiger partial charge is 0.193 e. The number of aryl methyl sites for hydroxylation is 1. The number of benzene rings is 1. The maximum Gasteiger partial charge on any atom is 0.193 e. The highest BCUT2D eigenvalue weighted by atomic mass is 16.5. The molecular weight excluding hydrogens is 326 g/mol. The number of piperidine rings is 1. The van der Waals surface area contributed by atoms with E-state index in [2.05, 4.69) is 46.4 Å². The molecule has 2 aliphatic rings. The summed E-state index contributed by atoms with van der Waals surface area (Å²) in [5, 5.41) is 3.68. The average molecular weight is 360 g/mol. The Hall–Kier alpha value is -1.59. The summed E-state index contributed by atoms with van der Waals surface area (Å²) in [7, 11) is 3.63. The number of methoxy groups -OCH3 is 1. The zero-order valence-electron chi connectivity index (χ0n) is 16.4. The number of likely N-dealkylation sites (tertiary alicyclic amines) is 1. The molecule has 0 bridgehead atoms. The number of hydrogen-bond acceptors (Lipinski definition) is 3. The van der Waals surface area contributed by atoms with Crippen LogP contribution in [0.2, 0.25) is 0 Å². The van der Waals surface area contributed by atoms with Gasteiger partial charge in [-0.1, -0.05) is 24.3 Å². The van der Waals surface area contributed by atoms with Gasteiger partial charge in [0, 0.05) is 52.4 Å². The first-order chi connectivity index (χ1) is 12.7. The van der Waals surface area contributed by atoms with E-state index < -0.39 is 0 Å². The van der Waals surface area contributed by atoms with Crippen LogP contribution in [0.5, 0.6) is 0 Å². The van der Waals surface area contributed by atoms with Crippen LogP contribution in [0.1, 0.15) is 42.7 Å². The van der Waals surface area contributed by atoms with Crippen molar-refractivity contribution in [1.82, 2.24) is 10.2 Å². The van der Waals surface area contributed by atoms with Gasteiger partial charge < -0.3 is 19.7 Å². The van der Waals surface area contributed by atoms with Crippen molar-refractivity contribution in [3.8, 4) is 0 Å². The molecule has 0 radical (unpaired) electrons. The number of ether oxygens (including phenoxy) is 2. The van der Waals surface area contributed by atoms with E-state index in [1.807, 2.05) is 7.05 Å². The van der Waals surface area contributed by atoms with E-state index in [4.69, 9.17) is 9.47 Å². The summed E-state index contributed by atoms with van der Waals surface area (Å²) in [4.78, 5) is 6.91. The van der Waals surface area contributed by atoms with E-state index in [0.717, 1.165) is 51.5 Å². The van der Waals surface area contributed by atoms with Gasteiger partial charge in [0.05, 0.1) is 6.10 Å². The van der Waals surface area contributed by atoms with Crippen LogP contribution in [0, 0.1) is 6.92 Å². The highest BCUT2D eigenvalue weighted by Gasteiger charge is 2.40. The van der Waals surface area contributed by atoms with Gasteiger partial charge in [0.15, 0.2) is 5.96 Å². The van der Waals surface area contributed by atoms with Crippen LogP contribution in [0.4, 0.5) is 0 Å². The first kappa shape index (κ1) is 19.2. The highest BCUT2D eigenvalue weighted by Crippen LogP contribution is 2.42. The standard InChI is InChI=1S/C21H33N3O2/c1-16-7-4-5-8-18(16)19-15-20(19)23-21(22-2)24-11-9-17(10-12-24)26-14-6-13-25-3/h4-5,7-8,17,19-20H,6,9-15H2,1-3H3,(H,22,23). The second kappa shape index (κ2) is 9.38. The summed E-state index contributed by atoms with van der Waals surface area (Å²) in [5.41, 5.74) is 2.87. The molecule has 1 saturated heterocycles. The van der Waals surface area contributed by atoms with Gasteiger partial charge in [-0.05, 0) is 43.7 Å². The van der Waals surface area contributed by atoms with Crippen LogP contribution in [-0.4, -0.2) is 63.5 Å². The zero-order chi connectivity index (χ0) is 18.4. The minimum atomic E-state index is 0.377. The quantitative estimate of drug-likeness (QED) is 0.462. The van der Waals surface area contributed by atoms with Crippen molar-refractivity contribution in [3.63, 3.8) is 0 Å². The predicted molar refractivity (Wildman–Crippen MR) is 106 cm³/mol. The molecule has 26 heavy (non-hydrogen) atoms. The van der Waals surface area contributed by atoms with Crippen LogP contribution >= 0.6 is 0 Å². The maximum atomic E-state index is 5.96. The van der Waals surface area contributed by atoms with Crippen LogP contribution in [-0.2, 0) is 9.47 Å². The molecular formula is C21H33N3O2. The van der Waals surface area contributed by atoms with Crippen LogP contribution in [0.3, 0.4) is 0 Å². The Kier molecular flexibility index (Phi) is 6.92. The lowest BCUT2D eigenvalue weighted by molar-refractivity contribution is 0.00989. The molecule has 1 N–H and O–H groups in total. The summed E-state index contributed by atoms with van der Waals surface area (Å²) < 4.78 is 11.0. The summed E-state index contributed by atoms with van der Waals surface area (Å²) in [5.74, 6) is 1.67. The predicted octanol–water partition coefficient (Wildman–Crippen LogP) is 2.94. The number of hydrogen-bond donors (Lipinski definition) is 1. The second-order valence-electron chi connectivity index (χ2n) is 7.40. The molecule has 0 amide bonds. The number of nitrogens with one attached hydrogen (secondary N) is 1. The van der Waals surface area contributed by atoms with E-state index in [-0.39, 0.29) is 0 Å². The van der Waals surface area contributed by atoms with Crippen LogP contribution in [0.15, 0.2) is 29.3 Å². The fraction of sp³-hybridized carbons (Fsp3) is 0.667. The van der Waals surface area contributed by atoms with Gasteiger partial charge in [0.25, 0.3) is 0 Å². The minimum absolute atomic E-state index is 0.377. The average Bonchev–Trinajstić information content (AvgIpc) is 3.43. The van der Waals surface area contributed by atoms with Crippen molar-refractivity contribution in [1.29, 1.82) is 0 Å². The van der Waals surface area contributed by atoms with Crippen molar-refractivity contribution < 1.29 is 9.47 Å². The van der Waals surface area contributed by atoms with Crippen molar-refractivity contribution in [3.05, 3.63) is 35.4 Å². The third-order valence-electron chi connectivity index (χ3n) is 5.49. The molecule has 1 saturated carbocycles. The Morgan fingerprint density at radius 3 is 2.69 bits per heavy atom. The van der Waals surface area contributed by atoms with Gasteiger partial charge in [-0.2, -0.15) is 0 Å². The van der Waals surface area contributed by atoms with Crippen molar-refractivity contribution in [2.75, 3.05) is 40.5 Å². The number of nitrogens with zero attached hydrogens (tertiary/aromatic N) is 2. The minimum Gasteiger partial charge on any atom is -0.385 e. The SMILES string of the molecule is CN=C(NC1CC1c1ccccc1C)N1CCC(OCCCOC)CC1. The zero-order valence-corrected chi connectivity index (χ0v) is 16.4. The Bertz CT molecular complexity index is 597. The molecule has 2 fully saturated rings. The molecule has 144 valence electrons. The topological polar surface area (TPSA) is 46.1 Å². The fourth-order valence-electron chi connectivity index (χ4n) is 3.85. The van der Waals surface area contributed by atoms with Crippen molar-refractivity contribution in [2.45, 2.75) is 50.7 Å². The number of guanidine groups is 1. The van der Waals surface area contributed by atoms with Crippen LogP contribution < -0.4 is 5.32 Å². The molecule has 1 heterocycles. The monoisotopic (exact) mass is 359 g/mol. The maximum absolute atomic E-state index is 5.96. The summed E-state index contributed by atoms with van der Waals surface area (Å²) in [6.07, 6.45) is 4.69. The summed E-state index contributed by atoms with van der Waals surface area (Å²) in [6, 6.07) is 9.24. The van der Waals surface area contributed by atoms with Gasteiger partial charge in [-0.3, -0.25) is 4.99 Å². The Morgan fingerprint density at radius 1 is 1.23 bits per heavy atom. The normalized spacial score (nSPS) is 24.0. The Morgan fingerprint density at radius 2 is 2.00 bits per heavy atom. The van der Waals surface area contributed by atoms with Gasteiger partial charge in [-0.15, -0.1) is 0 Å². The fourth-order valence-corrected chi connectivity index (χ4v) is 3.85. The van der Waals surface area contributed by atoms with Crippen molar-refractivity contribution >= 4 is 5.96 Å². The molecule has 5 nitrogen and oxygen atoms in total. The number of aliphatic imine (C=N–C) groups is 1. The van der Waals surface area contributed by atoms with Gasteiger partial charge >= 0.3 is 0 Å². The largest absolute Gasteiger partial charge is 0.385 e. The molecule has 0 aromatic heterocycles. The van der Waals surface area contributed by atoms with E-state index in [9.17, 15) is 0 Å². The lowest BCUT2D eigenvalue weighted by Gasteiger charge is -2.34. The molecule has 3 rings (SSSR count). The highest BCUT2D eigenvalue weighted by molar-refractivity contribution is 5.80. The lowest BCUT2D eigenvalue weighted by Crippen LogP contribution is -2.47. The number of rotatable bonds is 7. The third kappa shape index (κ3) is 4.98.